The maximum atomic E-state index is 12.6. The standard InChI is InChI=1S/C19H26ClN3O4/c1-13-8-15(18(24)25)12-23(11-13)19(26)21-10-14-9-16(20)2-3-17(14)22-4-6-27-7-5-22/h2-3,9,13,15H,4-8,10-12H2,1H3,(H,21,26)(H,24,25). The molecule has 2 aliphatic heterocycles. The average molecular weight is 396 g/mol. The van der Waals surface area contributed by atoms with Gasteiger partial charge >= 0.3 is 12.0 Å². The predicted molar refractivity (Wildman–Crippen MR) is 103 cm³/mol. The van der Waals surface area contributed by atoms with Gasteiger partial charge in [-0.25, -0.2) is 4.79 Å². The molecule has 0 radical (unpaired) electrons. The van der Waals surface area contributed by atoms with E-state index in [9.17, 15) is 14.7 Å². The number of carbonyl (C=O) groups excluding carboxylic acids is 1. The fourth-order valence-electron chi connectivity index (χ4n) is 3.79. The third kappa shape index (κ3) is 5.05. The van der Waals surface area contributed by atoms with Crippen molar-refractivity contribution in [3.8, 4) is 0 Å². The molecule has 2 aliphatic rings. The Kier molecular flexibility index (Phi) is 6.44. The molecule has 0 spiro atoms. The first-order chi connectivity index (χ1) is 12.9. The van der Waals surface area contributed by atoms with E-state index in [1.165, 1.54) is 0 Å². The van der Waals surface area contributed by atoms with Crippen molar-refractivity contribution in [3.05, 3.63) is 28.8 Å². The van der Waals surface area contributed by atoms with E-state index in [2.05, 4.69) is 10.2 Å². The maximum absolute atomic E-state index is 12.6. The van der Waals surface area contributed by atoms with Gasteiger partial charge in [0.15, 0.2) is 0 Å². The van der Waals surface area contributed by atoms with Gasteiger partial charge in [0.2, 0.25) is 0 Å². The first-order valence-electron chi connectivity index (χ1n) is 9.30. The van der Waals surface area contributed by atoms with Gasteiger partial charge in [-0.3, -0.25) is 4.79 Å². The lowest BCUT2D eigenvalue weighted by molar-refractivity contribution is -0.143. The van der Waals surface area contributed by atoms with Crippen LogP contribution in [0, 0.1) is 11.8 Å². The second-order valence-corrected chi connectivity index (χ2v) is 7.75. The number of nitrogens with one attached hydrogen (secondary N) is 1. The number of carboxylic acids is 1. The van der Waals surface area contributed by atoms with Crippen molar-refractivity contribution in [2.75, 3.05) is 44.3 Å². The van der Waals surface area contributed by atoms with Crippen molar-refractivity contribution in [2.45, 2.75) is 19.9 Å². The van der Waals surface area contributed by atoms with Crippen LogP contribution in [0.4, 0.5) is 10.5 Å². The van der Waals surface area contributed by atoms with Crippen molar-refractivity contribution < 1.29 is 19.4 Å². The third-order valence-corrected chi connectivity index (χ3v) is 5.35. The van der Waals surface area contributed by atoms with Crippen molar-refractivity contribution in [3.63, 3.8) is 0 Å². The summed E-state index contributed by atoms with van der Waals surface area (Å²) in [6.07, 6.45) is 0.606. The number of rotatable bonds is 4. The van der Waals surface area contributed by atoms with Gasteiger partial charge in [0.25, 0.3) is 0 Å². The van der Waals surface area contributed by atoms with E-state index in [1.54, 1.807) is 4.90 Å². The highest BCUT2D eigenvalue weighted by Gasteiger charge is 2.31. The average Bonchev–Trinajstić information content (AvgIpc) is 2.66. The van der Waals surface area contributed by atoms with Crippen LogP contribution in [-0.2, 0) is 16.1 Å². The summed E-state index contributed by atoms with van der Waals surface area (Å²) < 4.78 is 5.41. The van der Waals surface area contributed by atoms with Crippen LogP contribution in [0.5, 0.6) is 0 Å². The number of likely N-dealkylation sites (tertiary alicyclic amines) is 1. The minimum Gasteiger partial charge on any atom is -0.481 e. The lowest BCUT2D eigenvalue weighted by Gasteiger charge is -2.35. The molecule has 148 valence electrons. The fraction of sp³-hybridized carbons (Fsp3) is 0.579. The van der Waals surface area contributed by atoms with Crippen molar-refractivity contribution in [2.24, 2.45) is 11.8 Å². The second kappa shape index (κ2) is 8.80. The van der Waals surface area contributed by atoms with Crippen LogP contribution >= 0.6 is 11.6 Å². The number of anilines is 1. The summed E-state index contributed by atoms with van der Waals surface area (Å²) in [5.41, 5.74) is 1.98. The number of ether oxygens (including phenoxy) is 1. The molecular formula is C19H26ClN3O4. The molecule has 2 atom stereocenters. The van der Waals surface area contributed by atoms with E-state index in [0.717, 1.165) is 24.3 Å². The Morgan fingerprint density at radius 3 is 2.74 bits per heavy atom. The van der Waals surface area contributed by atoms with Crippen LogP contribution in [0.1, 0.15) is 18.9 Å². The van der Waals surface area contributed by atoms with Gasteiger partial charge in [-0.2, -0.15) is 0 Å². The zero-order chi connectivity index (χ0) is 19.4. The van der Waals surface area contributed by atoms with Gasteiger partial charge in [-0.05, 0) is 36.1 Å². The monoisotopic (exact) mass is 395 g/mol. The number of carboxylic acid groups (broad SMARTS) is 1. The van der Waals surface area contributed by atoms with Gasteiger partial charge in [-0.15, -0.1) is 0 Å². The molecule has 0 bridgehead atoms. The summed E-state index contributed by atoms with van der Waals surface area (Å²) in [5, 5.41) is 12.8. The molecule has 2 heterocycles. The summed E-state index contributed by atoms with van der Waals surface area (Å²) in [6, 6.07) is 5.45. The number of carbonyl (C=O) groups is 2. The maximum Gasteiger partial charge on any atom is 0.317 e. The highest BCUT2D eigenvalue weighted by molar-refractivity contribution is 6.30. The molecule has 0 aliphatic carbocycles. The van der Waals surface area contributed by atoms with Gasteiger partial charge in [0.05, 0.1) is 19.1 Å². The Hall–Kier alpha value is -1.99. The largest absolute Gasteiger partial charge is 0.481 e. The van der Waals surface area contributed by atoms with Crippen LogP contribution in [0.25, 0.3) is 0 Å². The van der Waals surface area contributed by atoms with Crippen molar-refractivity contribution in [1.82, 2.24) is 10.2 Å². The molecule has 0 aromatic heterocycles. The van der Waals surface area contributed by atoms with Gasteiger partial charge in [-0.1, -0.05) is 18.5 Å². The Bertz CT molecular complexity index is 694. The molecule has 2 amide bonds. The number of hydrogen-bond donors (Lipinski definition) is 2. The summed E-state index contributed by atoms with van der Waals surface area (Å²) in [5.74, 6) is -1.18. The van der Waals surface area contributed by atoms with Crippen molar-refractivity contribution >= 4 is 29.3 Å². The molecule has 7 nitrogen and oxygen atoms in total. The highest BCUT2D eigenvalue weighted by atomic mass is 35.5. The summed E-state index contributed by atoms with van der Waals surface area (Å²) in [7, 11) is 0. The topological polar surface area (TPSA) is 82.1 Å². The normalized spacial score (nSPS) is 23.2. The van der Waals surface area contributed by atoms with Crippen LogP contribution in [0.2, 0.25) is 5.02 Å². The van der Waals surface area contributed by atoms with Crippen LogP contribution in [0.15, 0.2) is 18.2 Å². The summed E-state index contributed by atoms with van der Waals surface area (Å²) in [6.45, 7) is 6.09. The number of aliphatic carboxylic acids is 1. The number of amides is 2. The smallest absolute Gasteiger partial charge is 0.317 e. The number of nitrogens with zero attached hydrogens (tertiary/aromatic N) is 2. The third-order valence-electron chi connectivity index (χ3n) is 5.12. The summed E-state index contributed by atoms with van der Waals surface area (Å²) >= 11 is 6.16. The van der Waals surface area contributed by atoms with Crippen molar-refractivity contribution in [1.29, 1.82) is 0 Å². The number of benzene rings is 1. The first kappa shape index (κ1) is 19.8. The predicted octanol–water partition coefficient (Wildman–Crippen LogP) is 2.43. The SMILES string of the molecule is CC1CC(C(=O)O)CN(C(=O)NCc2cc(Cl)ccc2N2CCOCC2)C1. The lowest BCUT2D eigenvalue weighted by atomic mass is 9.91. The molecule has 3 rings (SSSR count). The Morgan fingerprint density at radius 1 is 1.30 bits per heavy atom. The lowest BCUT2D eigenvalue weighted by Crippen LogP contribution is -2.49. The van der Waals surface area contributed by atoms with Crippen LogP contribution in [0.3, 0.4) is 0 Å². The van der Waals surface area contributed by atoms with E-state index in [0.29, 0.717) is 37.7 Å². The quantitative estimate of drug-likeness (QED) is 0.818. The number of hydrogen-bond acceptors (Lipinski definition) is 4. The Labute approximate surface area is 164 Å². The van der Waals surface area contributed by atoms with Gasteiger partial charge < -0.3 is 25.0 Å². The van der Waals surface area contributed by atoms with Gasteiger partial charge in [0.1, 0.15) is 0 Å². The number of morpholine rings is 1. The van der Waals surface area contributed by atoms with E-state index < -0.39 is 11.9 Å². The molecule has 0 saturated carbocycles. The molecule has 8 heteroatoms. The zero-order valence-corrected chi connectivity index (χ0v) is 16.2. The molecular weight excluding hydrogens is 370 g/mol. The minimum atomic E-state index is -0.844. The summed E-state index contributed by atoms with van der Waals surface area (Å²) in [4.78, 5) is 27.8. The first-order valence-corrected chi connectivity index (χ1v) is 9.68. The molecule has 2 unspecified atom stereocenters. The number of piperidine rings is 1. The molecule has 2 saturated heterocycles. The Morgan fingerprint density at radius 2 is 2.04 bits per heavy atom. The van der Waals surface area contributed by atoms with Crippen LogP contribution in [-0.4, -0.2) is 61.4 Å². The Balaban J connectivity index is 1.66. The second-order valence-electron chi connectivity index (χ2n) is 7.31. The van der Waals surface area contributed by atoms with Crippen LogP contribution < -0.4 is 10.2 Å². The molecule has 2 fully saturated rings. The number of halogens is 1. The van der Waals surface area contributed by atoms with E-state index in [4.69, 9.17) is 16.3 Å². The van der Waals surface area contributed by atoms with Gasteiger partial charge in [0, 0.05) is 43.4 Å². The zero-order valence-electron chi connectivity index (χ0n) is 15.5. The van der Waals surface area contributed by atoms with E-state index in [-0.39, 0.29) is 18.5 Å². The van der Waals surface area contributed by atoms with E-state index in [1.807, 2.05) is 25.1 Å². The number of urea groups is 1. The molecule has 27 heavy (non-hydrogen) atoms. The molecule has 2 N–H and O–H groups in total. The molecule has 1 aromatic carbocycles. The molecule has 1 aromatic rings. The minimum absolute atomic E-state index is 0.167. The fourth-order valence-corrected chi connectivity index (χ4v) is 3.98. The van der Waals surface area contributed by atoms with E-state index >= 15 is 0 Å². The highest BCUT2D eigenvalue weighted by Crippen LogP contribution is 2.26.